The summed E-state index contributed by atoms with van der Waals surface area (Å²) in [5.74, 6) is 6.05. The predicted octanol–water partition coefficient (Wildman–Crippen LogP) is 3.38. The van der Waals surface area contributed by atoms with E-state index in [0.717, 1.165) is 17.7 Å². The first-order valence-electron chi connectivity index (χ1n) is 6.12. The molecule has 0 amide bonds. The molecule has 3 N–H and O–H groups in total. The van der Waals surface area contributed by atoms with Gasteiger partial charge in [0.05, 0.1) is 17.3 Å². The van der Waals surface area contributed by atoms with Gasteiger partial charge in [0.1, 0.15) is 11.6 Å². The van der Waals surface area contributed by atoms with Crippen LogP contribution in [0.15, 0.2) is 34.9 Å². The first-order valence-corrected chi connectivity index (χ1v) is 6.50. The Morgan fingerprint density at radius 1 is 1.42 bits per heavy atom. The average molecular weight is 283 g/mol. The van der Waals surface area contributed by atoms with Gasteiger partial charge in [-0.15, -0.1) is 0 Å². The quantitative estimate of drug-likeness (QED) is 0.653. The smallest absolute Gasteiger partial charge is 0.142 e. The van der Waals surface area contributed by atoms with Crippen LogP contribution in [0.2, 0.25) is 5.02 Å². The van der Waals surface area contributed by atoms with Crippen LogP contribution in [0.4, 0.5) is 4.39 Å². The molecule has 19 heavy (non-hydrogen) atoms. The van der Waals surface area contributed by atoms with E-state index in [-0.39, 0.29) is 11.1 Å². The standard InChI is InChI=1S/C14H16ClFN2O/c1-2-13-10(6-7-19-13)12(18-17)8-9-4-3-5-11(16)14(9)15/h3-7,12,18H,2,8,17H2,1H3. The number of rotatable bonds is 5. The number of hydrogen-bond donors (Lipinski definition) is 2. The van der Waals surface area contributed by atoms with Gasteiger partial charge in [-0.2, -0.15) is 0 Å². The summed E-state index contributed by atoms with van der Waals surface area (Å²) < 4.78 is 18.8. The van der Waals surface area contributed by atoms with Crippen molar-refractivity contribution in [2.24, 2.45) is 5.84 Å². The number of hydrogen-bond acceptors (Lipinski definition) is 3. The highest BCUT2D eigenvalue weighted by molar-refractivity contribution is 6.31. The van der Waals surface area contributed by atoms with Crippen LogP contribution in [0.5, 0.6) is 0 Å². The van der Waals surface area contributed by atoms with Crippen LogP contribution >= 0.6 is 11.6 Å². The van der Waals surface area contributed by atoms with E-state index in [2.05, 4.69) is 5.43 Å². The Morgan fingerprint density at radius 3 is 2.89 bits per heavy atom. The summed E-state index contributed by atoms with van der Waals surface area (Å²) in [6, 6.07) is 6.48. The van der Waals surface area contributed by atoms with Crippen molar-refractivity contribution >= 4 is 11.6 Å². The van der Waals surface area contributed by atoms with E-state index < -0.39 is 5.82 Å². The summed E-state index contributed by atoms with van der Waals surface area (Å²) in [4.78, 5) is 0. The van der Waals surface area contributed by atoms with Crippen LogP contribution in [0.1, 0.15) is 29.9 Å². The summed E-state index contributed by atoms with van der Waals surface area (Å²) in [6.07, 6.45) is 2.91. The lowest BCUT2D eigenvalue weighted by molar-refractivity contribution is 0.487. The fraction of sp³-hybridized carbons (Fsp3) is 0.286. The van der Waals surface area contributed by atoms with Gasteiger partial charge in [0.25, 0.3) is 0 Å². The minimum atomic E-state index is -0.419. The largest absolute Gasteiger partial charge is 0.469 e. The summed E-state index contributed by atoms with van der Waals surface area (Å²) in [5, 5.41) is 0.143. The van der Waals surface area contributed by atoms with Gasteiger partial charge in [-0.25, -0.2) is 4.39 Å². The minimum Gasteiger partial charge on any atom is -0.469 e. The van der Waals surface area contributed by atoms with Crippen molar-refractivity contribution in [2.45, 2.75) is 25.8 Å². The van der Waals surface area contributed by atoms with Gasteiger partial charge in [0.2, 0.25) is 0 Å². The zero-order valence-electron chi connectivity index (χ0n) is 10.6. The molecule has 1 atom stereocenters. The van der Waals surface area contributed by atoms with E-state index >= 15 is 0 Å². The Balaban J connectivity index is 2.27. The van der Waals surface area contributed by atoms with Gasteiger partial charge in [-0.3, -0.25) is 11.3 Å². The number of halogens is 2. The van der Waals surface area contributed by atoms with Gasteiger partial charge in [-0.05, 0) is 24.1 Å². The van der Waals surface area contributed by atoms with Crippen LogP contribution in [0.25, 0.3) is 0 Å². The Morgan fingerprint density at radius 2 is 2.21 bits per heavy atom. The van der Waals surface area contributed by atoms with E-state index in [4.69, 9.17) is 21.9 Å². The maximum absolute atomic E-state index is 13.4. The number of furan rings is 1. The molecule has 3 nitrogen and oxygen atoms in total. The molecular formula is C14H16ClFN2O. The molecule has 0 fully saturated rings. The average Bonchev–Trinajstić information content (AvgIpc) is 2.88. The molecule has 0 radical (unpaired) electrons. The maximum atomic E-state index is 13.4. The monoisotopic (exact) mass is 282 g/mol. The highest BCUT2D eigenvalue weighted by atomic mass is 35.5. The van der Waals surface area contributed by atoms with Gasteiger partial charge in [0.15, 0.2) is 0 Å². The number of hydrazine groups is 1. The van der Waals surface area contributed by atoms with Crippen molar-refractivity contribution in [3.05, 3.63) is 58.3 Å². The third-order valence-corrected chi connectivity index (χ3v) is 3.56. The van der Waals surface area contributed by atoms with Crippen LogP contribution in [0, 0.1) is 5.82 Å². The summed E-state index contributed by atoms with van der Waals surface area (Å²) in [5.41, 5.74) is 4.43. The van der Waals surface area contributed by atoms with Crippen molar-refractivity contribution in [1.82, 2.24) is 5.43 Å². The summed E-state index contributed by atoms with van der Waals surface area (Å²) >= 11 is 5.96. The Labute approximate surface area is 116 Å². The van der Waals surface area contributed by atoms with Crippen molar-refractivity contribution in [3.63, 3.8) is 0 Å². The molecule has 1 heterocycles. The second-order valence-electron chi connectivity index (χ2n) is 4.29. The number of benzene rings is 1. The molecule has 0 spiro atoms. The molecule has 1 aromatic heterocycles. The van der Waals surface area contributed by atoms with Gasteiger partial charge in [-0.1, -0.05) is 30.7 Å². The Kier molecular flexibility index (Phi) is 4.58. The van der Waals surface area contributed by atoms with Gasteiger partial charge in [0, 0.05) is 12.0 Å². The highest BCUT2D eigenvalue weighted by Gasteiger charge is 2.18. The lowest BCUT2D eigenvalue weighted by Crippen LogP contribution is -2.30. The van der Waals surface area contributed by atoms with E-state index in [9.17, 15) is 4.39 Å². The molecule has 5 heteroatoms. The van der Waals surface area contributed by atoms with E-state index in [1.165, 1.54) is 6.07 Å². The van der Waals surface area contributed by atoms with E-state index in [1.54, 1.807) is 18.4 Å². The number of nitrogens with one attached hydrogen (secondary N) is 1. The van der Waals surface area contributed by atoms with Crippen molar-refractivity contribution in [2.75, 3.05) is 0 Å². The lowest BCUT2D eigenvalue weighted by Gasteiger charge is -2.16. The summed E-state index contributed by atoms with van der Waals surface area (Å²) in [6.45, 7) is 2.01. The van der Waals surface area contributed by atoms with E-state index in [0.29, 0.717) is 12.0 Å². The Bertz CT molecular complexity index is 556. The topological polar surface area (TPSA) is 51.2 Å². The summed E-state index contributed by atoms with van der Waals surface area (Å²) in [7, 11) is 0. The van der Waals surface area contributed by atoms with Gasteiger partial charge >= 0.3 is 0 Å². The molecule has 2 rings (SSSR count). The second-order valence-corrected chi connectivity index (χ2v) is 4.67. The first kappa shape index (κ1) is 14.1. The molecule has 1 unspecified atom stereocenters. The zero-order chi connectivity index (χ0) is 13.8. The normalized spacial score (nSPS) is 12.6. The molecule has 0 aliphatic rings. The molecule has 1 aromatic carbocycles. The molecule has 2 aromatic rings. The molecular weight excluding hydrogens is 267 g/mol. The van der Waals surface area contributed by atoms with Crippen LogP contribution in [-0.4, -0.2) is 0 Å². The molecule has 0 saturated heterocycles. The molecule has 0 bridgehead atoms. The Hall–Kier alpha value is -1.36. The highest BCUT2D eigenvalue weighted by Crippen LogP contribution is 2.27. The maximum Gasteiger partial charge on any atom is 0.142 e. The SMILES string of the molecule is CCc1occc1C(Cc1cccc(F)c1Cl)NN. The fourth-order valence-corrected chi connectivity index (χ4v) is 2.34. The van der Waals surface area contributed by atoms with Crippen molar-refractivity contribution < 1.29 is 8.81 Å². The first-order chi connectivity index (χ1) is 9.17. The predicted molar refractivity (Wildman–Crippen MR) is 73.3 cm³/mol. The van der Waals surface area contributed by atoms with Gasteiger partial charge < -0.3 is 4.42 Å². The van der Waals surface area contributed by atoms with Crippen molar-refractivity contribution in [1.29, 1.82) is 0 Å². The molecule has 0 aliphatic heterocycles. The number of nitrogens with two attached hydrogens (primary N) is 1. The zero-order valence-corrected chi connectivity index (χ0v) is 11.4. The lowest BCUT2D eigenvalue weighted by atomic mass is 9.99. The minimum absolute atomic E-state index is 0.143. The fourth-order valence-electron chi connectivity index (χ4n) is 2.13. The molecule has 0 aliphatic carbocycles. The second kappa shape index (κ2) is 6.19. The van der Waals surface area contributed by atoms with Crippen LogP contribution < -0.4 is 11.3 Å². The third kappa shape index (κ3) is 2.97. The third-order valence-electron chi connectivity index (χ3n) is 3.13. The van der Waals surface area contributed by atoms with Crippen LogP contribution in [-0.2, 0) is 12.8 Å². The molecule has 0 saturated carbocycles. The van der Waals surface area contributed by atoms with Crippen LogP contribution in [0.3, 0.4) is 0 Å². The van der Waals surface area contributed by atoms with Crippen molar-refractivity contribution in [3.8, 4) is 0 Å². The number of aryl methyl sites for hydroxylation is 1. The van der Waals surface area contributed by atoms with E-state index in [1.807, 2.05) is 13.0 Å². The molecule has 102 valence electrons.